The van der Waals surface area contributed by atoms with E-state index in [9.17, 15) is 4.79 Å². The highest BCUT2D eigenvalue weighted by Gasteiger charge is 2.24. The largest absolute Gasteiger partial charge is 0.325 e. The van der Waals surface area contributed by atoms with Crippen LogP contribution >= 0.6 is 11.8 Å². The lowest BCUT2D eigenvalue weighted by Gasteiger charge is -2.15. The molecule has 0 spiro atoms. The molecule has 0 bridgehead atoms. The van der Waals surface area contributed by atoms with Crippen LogP contribution in [0.5, 0.6) is 0 Å². The highest BCUT2D eigenvalue weighted by molar-refractivity contribution is 8.00. The number of amides is 1. The number of thioether (sulfide) groups is 1. The zero-order valence-corrected chi connectivity index (χ0v) is 15.4. The van der Waals surface area contributed by atoms with Crippen molar-refractivity contribution in [2.75, 3.05) is 5.32 Å². The van der Waals surface area contributed by atoms with Crippen LogP contribution in [-0.2, 0) is 4.79 Å². The minimum atomic E-state index is -0.292. The third-order valence-corrected chi connectivity index (χ3v) is 5.88. The maximum Gasteiger partial charge on any atom is 0.237 e. The molecule has 0 radical (unpaired) electrons. The molecule has 1 aromatic heterocycles. The fraction of sp³-hybridized carbons (Fsp3) is 0.368. The van der Waals surface area contributed by atoms with E-state index in [4.69, 9.17) is 0 Å². The third-order valence-electron chi connectivity index (χ3n) is 4.83. The van der Waals surface area contributed by atoms with Gasteiger partial charge in [0.15, 0.2) is 0 Å². The summed E-state index contributed by atoms with van der Waals surface area (Å²) in [6.07, 6.45) is 4.64. The van der Waals surface area contributed by atoms with Crippen LogP contribution in [0.1, 0.15) is 38.6 Å². The molecule has 1 amide bonds. The van der Waals surface area contributed by atoms with Crippen molar-refractivity contribution in [2.24, 2.45) is 0 Å². The Morgan fingerprint density at radius 1 is 1.19 bits per heavy atom. The van der Waals surface area contributed by atoms with E-state index in [2.05, 4.69) is 20.8 Å². The lowest BCUT2D eigenvalue weighted by atomic mass is 10.1. The number of hydrogen-bond donors (Lipinski definition) is 1. The van der Waals surface area contributed by atoms with Crippen molar-refractivity contribution < 1.29 is 4.79 Å². The summed E-state index contributed by atoms with van der Waals surface area (Å²) in [5.41, 5.74) is 0.830. The number of fused-ring (bicyclic) bond motifs is 1. The Morgan fingerprint density at radius 2 is 1.96 bits per heavy atom. The average molecular weight is 367 g/mol. The fourth-order valence-electron chi connectivity index (χ4n) is 3.42. The summed E-state index contributed by atoms with van der Waals surface area (Å²) in [4.78, 5) is 12.7. The summed E-state index contributed by atoms with van der Waals surface area (Å²) in [6, 6.07) is 14.3. The van der Waals surface area contributed by atoms with Gasteiger partial charge in [-0.05, 0) is 41.6 Å². The Balaban J connectivity index is 1.48. The molecule has 1 saturated carbocycles. The van der Waals surface area contributed by atoms with Crippen LogP contribution in [0.15, 0.2) is 47.6 Å². The van der Waals surface area contributed by atoms with Crippen LogP contribution in [0, 0.1) is 0 Å². The van der Waals surface area contributed by atoms with Crippen molar-refractivity contribution in [3.05, 3.63) is 42.5 Å². The normalized spacial score (nSPS) is 16.0. The maximum absolute atomic E-state index is 12.7. The zero-order chi connectivity index (χ0) is 17.9. The van der Waals surface area contributed by atoms with E-state index in [1.807, 2.05) is 54.1 Å². The molecule has 1 heterocycles. The van der Waals surface area contributed by atoms with E-state index in [-0.39, 0.29) is 11.2 Å². The summed E-state index contributed by atoms with van der Waals surface area (Å²) < 4.78 is 1.89. The molecule has 1 aliphatic carbocycles. The van der Waals surface area contributed by atoms with Gasteiger partial charge < -0.3 is 5.32 Å². The zero-order valence-electron chi connectivity index (χ0n) is 14.6. The molecule has 26 heavy (non-hydrogen) atoms. The Labute approximate surface area is 156 Å². The van der Waals surface area contributed by atoms with Crippen molar-refractivity contribution in [1.82, 2.24) is 20.2 Å². The van der Waals surface area contributed by atoms with Crippen molar-refractivity contribution in [3.8, 4) is 0 Å². The van der Waals surface area contributed by atoms with Gasteiger partial charge in [0, 0.05) is 11.1 Å². The molecule has 7 heteroatoms. The summed E-state index contributed by atoms with van der Waals surface area (Å²) in [6.45, 7) is 1.89. The first-order valence-electron chi connectivity index (χ1n) is 8.95. The molecular formula is C19H21N5OS. The van der Waals surface area contributed by atoms with E-state index < -0.39 is 0 Å². The van der Waals surface area contributed by atoms with E-state index >= 15 is 0 Å². The summed E-state index contributed by atoms with van der Waals surface area (Å²) in [5.74, 6) is -0.0488. The van der Waals surface area contributed by atoms with E-state index in [1.165, 1.54) is 24.6 Å². The van der Waals surface area contributed by atoms with Gasteiger partial charge in [0.25, 0.3) is 0 Å². The van der Waals surface area contributed by atoms with Gasteiger partial charge in [-0.3, -0.25) is 4.79 Å². The molecule has 134 valence electrons. The summed E-state index contributed by atoms with van der Waals surface area (Å²) in [5, 5.41) is 17.7. The van der Waals surface area contributed by atoms with Crippen molar-refractivity contribution in [1.29, 1.82) is 0 Å². The molecule has 0 saturated heterocycles. The van der Waals surface area contributed by atoms with Gasteiger partial charge in [-0.15, -0.1) is 5.10 Å². The Hall–Kier alpha value is -2.41. The number of carbonyl (C=O) groups excluding carboxylic acids is 1. The number of benzene rings is 2. The lowest BCUT2D eigenvalue weighted by molar-refractivity contribution is -0.115. The number of tetrazole rings is 1. The number of nitrogens with one attached hydrogen (secondary N) is 1. The summed E-state index contributed by atoms with van der Waals surface area (Å²) >= 11 is 1.41. The second kappa shape index (κ2) is 7.45. The third kappa shape index (κ3) is 3.44. The molecule has 0 aliphatic heterocycles. The molecule has 4 rings (SSSR count). The summed E-state index contributed by atoms with van der Waals surface area (Å²) in [7, 11) is 0. The van der Waals surface area contributed by atoms with Crippen LogP contribution in [0.2, 0.25) is 0 Å². The highest BCUT2D eigenvalue weighted by Crippen LogP contribution is 2.33. The maximum atomic E-state index is 12.7. The number of nitrogens with zero attached hydrogens (tertiary/aromatic N) is 4. The molecule has 1 atom stereocenters. The fourth-order valence-corrected chi connectivity index (χ4v) is 4.28. The van der Waals surface area contributed by atoms with Crippen molar-refractivity contribution in [2.45, 2.75) is 49.1 Å². The first kappa shape index (κ1) is 17.0. The minimum absolute atomic E-state index is 0.0488. The number of carbonyl (C=O) groups is 1. The van der Waals surface area contributed by atoms with Crippen LogP contribution in [0.4, 0.5) is 5.69 Å². The van der Waals surface area contributed by atoms with Crippen LogP contribution in [0.3, 0.4) is 0 Å². The molecule has 1 fully saturated rings. The minimum Gasteiger partial charge on any atom is -0.325 e. The molecule has 1 aliphatic rings. The van der Waals surface area contributed by atoms with Gasteiger partial charge in [-0.25, -0.2) is 4.68 Å². The average Bonchev–Trinajstić information content (AvgIpc) is 3.33. The number of aromatic nitrogens is 4. The molecule has 3 aromatic rings. The molecule has 1 N–H and O–H groups in total. The van der Waals surface area contributed by atoms with Gasteiger partial charge in [0.1, 0.15) is 0 Å². The second-order valence-corrected chi connectivity index (χ2v) is 7.93. The van der Waals surface area contributed by atoms with Crippen molar-refractivity contribution >= 4 is 34.1 Å². The predicted molar refractivity (Wildman–Crippen MR) is 103 cm³/mol. The molecule has 6 nitrogen and oxygen atoms in total. The first-order chi connectivity index (χ1) is 12.7. The highest BCUT2D eigenvalue weighted by atomic mass is 32.2. The van der Waals surface area contributed by atoms with Gasteiger partial charge in [0.2, 0.25) is 11.1 Å². The number of hydrogen-bond acceptors (Lipinski definition) is 5. The Bertz CT molecular complexity index is 914. The number of anilines is 1. The quantitative estimate of drug-likeness (QED) is 0.689. The monoisotopic (exact) mass is 367 g/mol. The standard InChI is InChI=1S/C19H21N5OS/c1-13(26-19-21-22-23-24(19)15-9-3-4-10-15)18(25)20-17-12-6-8-14-7-2-5-11-16(14)17/h2,5-8,11-13,15H,3-4,9-10H2,1H3,(H,20,25)/t13-/m0/s1. The van der Waals surface area contributed by atoms with Gasteiger partial charge >= 0.3 is 0 Å². The predicted octanol–water partition coefficient (Wildman–Crippen LogP) is 4.06. The Kier molecular flexibility index (Phi) is 4.88. The van der Waals surface area contributed by atoms with E-state index in [0.29, 0.717) is 6.04 Å². The van der Waals surface area contributed by atoms with Gasteiger partial charge in [-0.2, -0.15) is 0 Å². The smallest absolute Gasteiger partial charge is 0.237 e. The van der Waals surface area contributed by atoms with E-state index in [0.717, 1.165) is 34.5 Å². The van der Waals surface area contributed by atoms with Crippen LogP contribution in [0.25, 0.3) is 10.8 Å². The lowest BCUT2D eigenvalue weighted by Crippen LogP contribution is -2.23. The van der Waals surface area contributed by atoms with E-state index in [1.54, 1.807) is 0 Å². The van der Waals surface area contributed by atoms with Gasteiger partial charge in [-0.1, -0.05) is 61.0 Å². The topological polar surface area (TPSA) is 72.7 Å². The van der Waals surface area contributed by atoms with Crippen LogP contribution < -0.4 is 5.32 Å². The molecule has 2 aromatic carbocycles. The second-order valence-electron chi connectivity index (χ2n) is 6.62. The molecule has 0 unspecified atom stereocenters. The number of rotatable bonds is 5. The van der Waals surface area contributed by atoms with Crippen LogP contribution in [-0.4, -0.2) is 31.4 Å². The SMILES string of the molecule is C[C@H](Sc1nnnn1C1CCCC1)C(=O)Nc1cccc2ccccc12. The van der Waals surface area contributed by atoms with Crippen molar-refractivity contribution in [3.63, 3.8) is 0 Å². The molecular weight excluding hydrogens is 346 g/mol. The first-order valence-corrected chi connectivity index (χ1v) is 9.83. The van der Waals surface area contributed by atoms with Gasteiger partial charge in [0.05, 0.1) is 11.3 Å². The Morgan fingerprint density at radius 3 is 2.81 bits per heavy atom.